The first-order chi connectivity index (χ1) is 6.77. The third kappa shape index (κ3) is 2.72. The minimum atomic E-state index is 0.0445. The van der Waals surface area contributed by atoms with Gasteiger partial charge in [-0.05, 0) is 24.1 Å². The largest absolute Gasteiger partial charge is 0.392 e. The Hall–Kier alpha value is -1.59. The molecule has 0 aliphatic rings. The molecule has 14 heavy (non-hydrogen) atoms. The van der Waals surface area contributed by atoms with Crippen LogP contribution in [0.3, 0.4) is 0 Å². The first-order valence-electron chi connectivity index (χ1n) is 4.41. The molecule has 1 rings (SSSR count). The summed E-state index contributed by atoms with van der Waals surface area (Å²) in [5.41, 5.74) is 2.81. The summed E-state index contributed by atoms with van der Waals surface area (Å²) >= 11 is 0. The van der Waals surface area contributed by atoms with Crippen LogP contribution in [0.4, 0.5) is 0 Å². The van der Waals surface area contributed by atoms with Crippen molar-refractivity contribution in [3.8, 4) is 11.8 Å². The van der Waals surface area contributed by atoms with Gasteiger partial charge in [-0.1, -0.05) is 24.0 Å². The van der Waals surface area contributed by atoms with Crippen molar-refractivity contribution in [3.05, 3.63) is 34.9 Å². The number of benzene rings is 1. The fraction of sp³-hybridized carbons (Fsp3) is 0.250. The van der Waals surface area contributed by atoms with E-state index in [-0.39, 0.29) is 13.0 Å². The molecule has 0 amide bonds. The minimum absolute atomic E-state index is 0.0445. The van der Waals surface area contributed by atoms with Crippen molar-refractivity contribution in [2.75, 3.05) is 0 Å². The van der Waals surface area contributed by atoms with Gasteiger partial charge in [0, 0.05) is 5.56 Å². The molecule has 1 N–H and O–H groups in total. The minimum Gasteiger partial charge on any atom is -0.392 e. The lowest BCUT2D eigenvalue weighted by atomic mass is 10.1. The Kier molecular flexibility index (Phi) is 3.90. The van der Waals surface area contributed by atoms with E-state index in [1.54, 1.807) is 0 Å². The van der Waals surface area contributed by atoms with Gasteiger partial charge < -0.3 is 9.90 Å². The number of aliphatic hydroxyl groups is 1. The average molecular weight is 188 g/mol. The first kappa shape index (κ1) is 10.5. The Morgan fingerprint density at radius 1 is 1.50 bits per heavy atom. The van der Waals surface area contributed by atoms with Crippen molar-refractivity contribution in [1.29, 1.82) is 0 Å². The zero-order chi connectivity index (χ0) is 10.4. The standard InChI is InChI=1S/C12H12O2/c1-10-8-11(9-14)5-6-12(10)4-2-3-7-13/h5-8,14H,3,9H2,1H3. The Balaban J connectivity index is 2.90. The Bertz CT molecular complexity index is 383. The van der Waals surface area contributed by atoms with Gasteiger partial charge in [0.25, 0.3) is 0 Å². The van der Waals surface area contributed by atoms with E-state index in [9.17, 15) is 4.79 Å². The van der Waals surface area contributed by atoms with E-state index < -0.39 is 0 Å². The van der Waals surface area contributed by atoms with Gasteiger partial charge in [0.1, 0.15) is 6.29 Å². The van der Waals surface area contributed by atoms with Crippen LogP contribution in [0.1, 0.15) is 23.1 Å². The smallest absolute Gasteiger partial charge is 0.131 e. The SMILES string of the molecule is Cc1cc(CO)ccc1C#CCC=O. The fourth-order valence-electron chi connectivity index (χ4n) is 1.15. The highest BCUT2D eigenvalue weighted by atomic mass is 16.3. The van der Waals surface area contributed by atoms with Crippen molar-refractivity contribution in [1.82, 2.24) is 0 Å². The van der Waals surface area contributed by atoms with E-state index in [0.717, 1.165) is 23.0 Å². The van der Waals surface area contributed by atoms with Crippen LogP contribution in [0.5, 0.6) is 0 Å². The monoisotopic (exact) mass is 188 g/mol. The molecule has 0 aliphatic heterocycles. The lowest BCUT2D eigenvalue weighted by Gasteiger charge is -2.00. The van der Waals surface area contributed by atoms with Crippen molar-refractivity contribution in [2.45, 2.75) is 20.0 Å². The maximum Gasteiger partial charge on any atom is 0.131 e. The van der Waals surface area contributed by atoms with Crippen LogP contribution in [-0.2, 0) is 11.4 Å². The highest BCUT2D eigenvalue weighted by molar-refractivity contribution is 5.55. The second-order valence-electron chi connectivity index (χ2n) is 2.98. The molecule has 0 atom stereocenters. The lowest BCUT2D eigenvalue weighted by molar-refractivity contribution is -0.107. The fourth-order valence-corrected chi connectivity index (χ4v) is 1.15. The number of aliphatic hydroxyl groups excluding tert-OH is 1. The Labute approximate surface area is 83.6 Å². The van der Waals surface area contributed by atoms with Gasteiger partial charge >= 0.3 is 0 Å². The summed E-state index contributed by atoms with van der Waals surface area (Å²) < 4.78 is 0. The second kappa shape index (κ2) is 5.21. The summed E-state index contributed by atoms with van der Waals surface area (Å²) in [5, 5.41) is 8.88. The van der Waals surface area contributed by atoms with Crippen LogP contribution >= 0.6 is 0 Å². The zero-order valence-corrected chi connectivity index (χ0v) is 8.08. The summed E-state index contributed by atoms with van der Waals surface area (Å²) in [5.74, 6) is 5.65. The molecule has 1 aromatic carbocycles. The normalized spacial score (nSPS) is 9.00. The van der Waals surface area contributed by atoms with Crippen molar-refractivity contribution in [2.24, 2.45) is 0 Å². The molecular formula is C12H12O2. The van der Waals surface area contributed by atoms with Crippen molar-refractivity contribution < 1.29 is 9.90 Å². The van der Waals surface area contributed by atoms with Crippen molar-refractivity contribution in [3.63, 3.8) is 0 Å². The molecule has 0 fully saturated rings. The van der Waals surface area contributed by atoms with Gasteiger partial charge in [-0.25, -0.2) is 0 Å². The summed E-state index contributed by atoms with van der Waals surface area (Å²) in [4.78, 5) is 10.0. The number of carbonyl (C=O) groups is 1. The summed E-state index contributed by atoms with van der Waals surface area (Å²) in [6.07, 6.45) is 1.05. The first-order valence-corrected chi connectivity index (χ1v) is 4.41. The maximum absolute atomic E-state index is 10.0. The molecule has 0 spiro atoms. The molecule has 2 nitrogen and oxygen atoms in total. The molecule has 0 bridgehead atoms. The Morgan fingerprint density at radius 2 is 2.29 bits per heavy atom. The van der Waals surface area contributed by atoms with E-state index in [1.807, 2.05) is 25.1 Å². The zero-order valence-electron chi connectivity index (χ0n) is 8.08. The molecule has 1 aromatic rings. The van der Waals surface area contributed by atoms with Crippen molar-refractivity contribution >= 4 is 6.29 Å². The molecule has 0 saturated heterocycles. The number of aldehydes is 1. The van der Waals surface area contributed by atoms with Gasteiger partial charge in [0.15, 0.2) is 0 Å². The predicted octanol–water partition coefficient (Wildman–Crippen LogP) is 1.43. The number of aryl methyl sites for hydroxylation is 1. The van der Waals surface area contributed by atoms with Crippen LogP contribution in [-0.4, -0.2) is 11.4 Å². The van der Waals surface area contributed by atoms with E-state index >= 15 is 0 Å². The highest BCUT2D eigenvalue weighted by Crippen LogP contribution is 2.09. The van der Waals surface area contributed by atoms with Crippen LogP contribution in [0.25, 0.3) is 0 Å². The van der Waals surface area contributed by atoms with E-state index in [2.05, 4.69) is 11.8 Å². The van der Waals surface area contributed by atoms with E-state index in [1.165, 1.54) is 0 Å². The molecule has 0 aromatic heterocycles. The number of hydrogen-bond donors (Lipinski definition) is 1. The molecular weight excluding hydrogens is 176 g/mol. The predicted molar refractivity (Wildman–Crippen MR) is 54.7 cm³/mol. The van der Waals surface area contributed by atoms with Crippen LogP contribution in [0, 0.1) is 18.8 Å². The quantitative estimate of drug-likeness (QED) is 0.563. The third-order valence-corrected chi connectivity index (χ3v) is 1.88. The summed E-state index contributed by atoms with van der Waals surface area (Å²) in [6.45, 7) is 1.98. The molecule has 72 valence electrons. The molecule has 0 unspecified atom stereocenters. The number of hydrogen-bond acceptors (Lipinski definition) is 2. The summed E-state index contributed by atoms with van der Waals surface area (Å²) in [6, 6.07) is 5.58. The third-order valence-electron chi connectivity index (χ3n) is 1.88. The Morgan fingerprint density at radius 3 is 2.86 bits per heavy atom. The average Bonchev–Trinajstić information content (AvgIpc) is 2.20. The van der Waals surface area contributed by atoms with Gasteiger partial charge in [0.2, 0.25) is 0 Å². The molecule has 0 radical (unpaired) electrons. The molecule has 2 heteroatoms. The number of carbonyl (C=O) groups excluding carboxylic acids is 1. The van der Waals surface area contributed by atoms with Gasteiger partial charge in [-0.15, -0.1) is 0 Å². The topological polar surface area (TPSA) is 37.3 Å². The van der Waals surface area contributed by atoms with Crippen LogP contribution < -0.4 is 0 Å². The maximum atomic E-state index is 10.0. The van der Waals surface area contributed by atoms with E-state index in [4.69, 9.17) is 5.11 Å². The van der Waals surface area contributed by atoms with Gasteiger partial charge in [-0.3, -0.25) is 0 Å². The van der Waals surface area contributed by atoms with Gasteiger partial charge in [0.05, 0.1) is 13.0 Å². The molecule has 0 aliphatic carbocycles. The molecule has 0 heterocycles. The van der Waals surface area contributed by atoms with Crippen LogP contribution in [0.2, 0.25) is 0 Å². The molecule has 0 saturated carbocycles. The van der Waals surface area contributed by atoms with E-state index in [0.29, 0.717) is 0 Å². The second-order valence-corrected chi connectivity index (χ2v) is 2.98. The lowest BCUT2D eigenvalue weighted by Crippen LogP contribution is -1.87. The van der Waals surface area contributed by atoms with Crippen LogP contribution in [0.15, 0.2) is 18.2 Å². The summed E-state index contributed by atoms with van der Waals surface area (Å²) in [7, 11) is 0. The van der Waals surface area contributed by atoms with Gasteiger partial charge in [-0.2, -0.15) is 0 Å². The number of rotatable bonds is 2. The highest BCUT2D eigenvalue weighted by Gasteiger charge is 1.95.